The van der Waals surface area contributed by atoms with Crippen molar-refractivity contribution < 1.29 is 44.6 Å². The second kappa shape index (κ2) is 20.7. The first-order chi connectivity index (χ1) is 25.6. The van der Waals surface area contributed by atoms with Gasteiger partial charge in [-0.3, -0.25) is 9.59 Å². The Hall–Kier alpha value is -4.51. The normalized spacial score (nSPS) is 14.8. The zero-order valence-corrected chi connectivity index (χ0v) is 30.9. The number of cyclic esters (lactones) is 1. The number of nitrogens with one attached hydrogen (secondary N) is 2. The van der Waals surface area contributed by atoms with Crippen LogP contribution in [0.15, 0.2) is 70.9 Å². The molecule has 0 saturated heterocycles. The van der Waals surface area contributed by atoms with Crippen molar-refractivity contribution in [2.75, 3.05) is 65.6 Å². The number of aliphatic hydroxyl groups is 4. The number of hydrogen-bond donors (Lipinski definition) is 7. The molecule has 5 rings (SSSR count). The molecule has 0 aliphatic carbocycles. The van der Waals surface area contributed by atoms with Crippen molar-refractivity contribution in [2.24, 2.45) is 0 Å². The Kier molecular flexibility index (Phi) is 16.1. The number of likely N-dealkylation sites (N-methyl/N-ethyl adjacent to an activating group) is 1. The van der Waals surface area contributed by atoms with Crippen molar-refractivity contribution in [3.8, 4) is 5.75 Å². The Bertz CT molecular complexity index is 1880. The van der Waals surface area contributed by atoms with Crippen LogP contribution < -0.4 is 10.2 Å². The molecule has 4 aromatic rings. The van der Waals surface area contributed by atoms with E-state index in [-0.39, 0.29) is 16.5 Å². The molecule has 0 bridgehead atoms. The smallest absolute Gasteiger partial charge is 0.377 e. The summed E-state index contributed by atoms with van der Waals surface area (Å²) in [6.45, 7) is 10.1. The van der Waals surface area contributed by atoms with Gasteiger partial charge in [-0.05, 0) is 60.4 Å². The lowest BCUT2D eigenvalue weighted by Gasteiger charge is -2.27. The van der Waals surface area contributed by atoms with Gasteiger partial charge in [0.1, 0.15) is 17.4 Å². The van der Waals surface area contributed by atoms with Crippen molar-refractivity contribution in [1.29, 1.82) is 0 Å². The molecule has 15 heteroatoms. The second-order valence-electron chi connectivity index (χ2n) is 12.4. The van der Waals surface area contributed by atoms with E-state index in [1.165, 1.54) is 16.3 Å². The molecule has 3 aromatic carbocycles. The van der Waals surface area contributed by atoms with Crippen LogP contribution in [0.5, 0.6) is 5.75 Å². The number of thiazole rings is 1. The summed E-state index contributed by atoms with van der Waals surface area (Å²) in [5.41, 5.74) is 2.79. The number of hydrogen-bond acceptors (Lipinski definition) is 13. The van der Waals surface area contributed by atoms with E-state index in [1.54, 1.807) is 6.07 Å². The number of aromatic nitrogens is 1. The van der Waals surface area contributed by atoms with Gasteiger partial charge in [-0.2, -0.15) is 0 Å². The highest BCUT2D eigenvalue weighted by molar-refractivity contribution is 7.16. The fourth-order valence-corrected chi connectivity index (χ4v) is 6.83. The number of H-pyrrole nitrogens is 1. The van der Waals surface area contributed by atoms with Crippen molar-refractivity contribution >= 4 is 44.2 Å². The largest absolute Gasteiger partial charge is 0.506 e. The van der Waals surface area contributed by atoms with Crippen LogP contribution in [0.4, 0.5) is 0 Å². The average Bonchev–Trinajstić information content (AvgIpc) is 3.69. The summed E-state index contributed by atoms with van der Waals surface area (Å²) in [5.74, 6) is -2.57. The van der Waals surface area contributed by atoms with Crippen LogP contribution in [0.2, 0.25) is 0 Å². The Morgan fingerprint density at radius 1 is 0.943 bits per heavy atom. The van der Waals surface area contributed by atoms with E-state index < -0.39 is 36.3 Å². The molecule has 7 N–H and O–H groups in total. The minimum Gasteiger partial charge on any atom is -0.506 e. The number of aliphatic hydroxyl groups excluding tert-OH is 4. The second-order valence-corrected chi connectivity index (χ2v) is 13.4. The first-order valence-corrected chi connectivity index (χ1v) is 18.6. The third-order valence-corrected chi connectivity index (χ3v) is 9.99. The summed E-state index contributed by atoms with van der Waals surface area (Å²) >= 11 is 1.12. The molecule has 2 heterocycles. The van der Waals surface area contributed by atoms with Crippen LogP contribution >= 0.6 is 11.3 Å². The van der Waals surface area contributed by atoms with Crippen LogP contribution in [0.3, 0.4) is 0 Å². The van der Waals surface area contributed by atoms with Crippen molar-refractivity contribution in [1.82, 2.24) is 20.1 Å². The van der Waals surface area contributed by atoms with Crippen molar-refractivity contribution in [3.05, 3.63) is 86.9 Å². The van der Waals surface area contributed by atoms with E-state index in [9.17, 15) is 19.5 Å². The molecule has 288 valence electrons. The molecule has 0 spiro atoms. The molecule has 1 aliphatic heterocycles. The number of benzene rings is 3. The number of rotatable bonds is 19. The number of aromatic hydroxyl groups is 1. The number of aromatic amines is 1. The van der Waals surface area contributed by atoms with Gasteiger partial charge in [0.25, 0.3) is 0 Å². The van der Waals surface area contributed by atoms with E-state index in [2.05, 4.69) is 76.2 Å². The van der Waals surface area contributed by atoms with Gasteiger partial charge in [0.05, 0.1) is 30.9 Å². The van der Waals surface area contributed by atoms with Gasteiger partial charge < -0.3 is 55.1 Å². The Labute approximate surface area is 311 Å². The van der Waals surface area contributed by atoms with E-state index >= 15 is 0 Å². The molecule has 0 saturated carbocycles. The number of ether oxygens (including phenoxy) is 2. The fourth-order valence-electron chi connectivity index (χ4n) is 5.93. The quantitative estimate of drug-likeness (QED) is 0.0546. The average molecular weight is 755 g/mol. The number of phenols is 1. The summed E-state index contributed by atoms with van der Waals surface area (Å²) in [5, 5.41) is 51.0. The van der Waals surface area contributed by atoms with Crippen LogP contribution in [-0.4, -0.2) is 130 Å². The summed E-state index contributed by atoms with van der Waals surface area (Å²) in [4.78, 5) is 42.3. The molecule has 0 fully saturated rings. The molecule has 53 heavy (non-hydrogen) atoms. The molecule has 1 aliphatic rings. The molecule has 2 atom stereocenters. The molecular formula is C38H50N4O10S. The number of phenolic OH excluding ortho intramolecular Hbond substituents is 1. The van der Waals surface area contributed by atoms with Gasteiger partial charge in [0.15, 0.2) is 11.9 Å². The van der Waals surface area contributed by atoms with E-state index in [0.717, 1.165) is 54.1 Å². The van der Waals surface area contributed by atoms with Gasteiger partial charge in [-0.1, -0.05) is 73.7 Å². The summed E-state index contributed by atoms with van der Waals surface area (Å²) in [7, 11) is 0. The molecule has 1 amide bonds. The highest BCUT2D eigenvalue weighted by Crippen LogP contribution is 2.28. The number of carbonyl (C=O) groups is 2. The summed E-state index contributed by atoms with van der Waals surface area (Å²) in [6, 6.07) is 18.2. The fraction of sp³-hybridized carbons (Fsp3) is 0.447. The number of amides is 1. The van der Waals surface area contributed by atoms with E-state index in [0.29, 0.717) is 51.3 Å². The Morgan fingerprint density at radius 2 is 1.70 bits per heavy atom. The third-order valence-electron chi connectivity index (χ3n) is 9.03. The Balaban J connectivity index is 0.000000443. The zero-order valence-electron chi connectivity index (χ0n) is 30.1. The SMILES string of the molecule is CCN(CC)CCN(CCNCCc1ccc(O)c2[nH]c(=O)sc12)C(=O)CCOCCc1cccc2ccccc12.O=C1O[C@H](C(O)CO)C(O)=C1O. The van der Waals surface area contributed by atoms with Gasteiger partial charge in [0.2, 0.25) is 11.7 Å². The van der Waals surface area contributed by atoms with Crippen LogP contribution in [-0.2, 0) is 31.9 Å². The Morgan fingerprint density at radius 3 is 2.42 bits per heavy atom. The summed E-state index contributed by atoms with van der Waals surface area (Å²) in [6.07, 6.45) is -0.868. The molecule has 0 radical (unpaired) electrons. The summed E-state index contributed by atoms with van der Waals surface area (Å²) < 4.78 is 11.0. The number of fused-ring (bicyclic) bond motifs is 2. The minimum atomic E-state index is -1.42. The molecule has 1 unspecified atom stereocenters. The lowest BCUT2D eigenvalue weighted by Crippen LogP contribution is -2.42. The van der Waals surface area contributed by atoms with Gasteiger partial charge >= 0.3 is 10.8 Å². The predicted octanol–water partition coefficient (Wildman–Crippen LogP) is 2.99. The topological polar surface area (TPSA) is 205 Å². The maximum absolute atomic E-state index is 13.2. The predicted molar refractivity (Wildman–Crippen MR) is 203 cm³/mol. The van der Waals surface area contributed by atoms with Gasteiger partial charge in [-0.25, -0.2) is 4.79 Å². The van der Waals surface area contributed by atoms with Gasteiger partial charge in [-0.15, -0.1) is 0 Å². The number of carbonyl (C=O) groups excluding carboxylic acids is 2. The first kappa shape index (κ1) is 41.2. The molecule has 1 aromatic heterocycles. The van der Waals surface area contributed by atoms with Crippen molar-refractivity contribution in [2.45, 2.75) is 45.3 Å². The van der Waals surface area contributed by atoms with Gasteiger partial charge in [0, 0.05) is 26.2 Å². The van der Waals surface area contributed by atoms with Crippen molar-refractivity contribution in [3.63, 3.8) is 0 Å². The number of nitrogens with zero attached hydrogens (tertiary/aromatic N) is 2. The highest BCUT2D eigenvalue weighted by Gasteiger charge is 2.38. The standard InChI is InChI=1S/C32H42N4O4S.C6H8O6/c1-3-35(4-2)20-21-36(19-18-33-17-14-26-12-13-28(37)30-31(26)41-32(39)34-30)29(38)16-23-40-22-15-25-10-7-9-24-8-5-6-11-27(24)25;7-1-2(8)5-3(9)4(10)6(11)12-5/h5-13,33,37H,3-4,14-23H2,1-2H3,(H,34,39);2,5,7-10H,1H2/t;2?,5-/m.1/s1. The zero-order chi connectivity index (χ0) is 38.3. The first-order valence-electron chi connectivity index (χ1n) is 17.8. The van der Waals surface area contributed by atoms with Crippen LogP contribution in [0.1, 0.15) is 31.4 Å². The minimum absolute atomic E-state index is 0.0926. The van der Waals surface area contributed by atoms with E-state index in [1.807, 2.05) is 11.0 Å². The van der Waals surface area contributed by atoms with E-state index in [4.69, 9.17) is 25.2 Å². The lowest BCUT2D eigenvalue weighted by atomic mass is 10.0. The monoisotopic (exact) mass is 754 g/mol. The lowest BCUT2D eigenvalue weighted by molar-refractivity contribution is -0.147. The highest BCUT2D eigenvalue weighted by atomic mass is 32.1. The van der Waals surface area contributed by atoms with Crippen LogP contribution in [0, 0.1) is 0 Å². The number of esters is 1. The maximum Gasteiger partial charge on any atom is 0.377 e. The molecular weight excluding hydrogens is 705 g/mol. The van der Waals surface area contributed by atoms with Crippen LogP contribution in [0.25, 0.3) is 21.0 Å². The third kappa shape index (κ3) is 11.5. The maximum atomic E-state index is 13.2. The molecule has 14 nitrogen and oxygen atoms in total.